The van der Waals surface area contributed by atoms with Gasteiger partial charge in [-0.1, -0.05) is 44.2 Å². The van der Waals surface area contributed by atoms with Crippen molar-refractivity contribution in [1.29, 1.82) is 0 Å². The summed E-state index contributed by atoms with van der Waals surface area (Å²) in [7, 11) is 0. The number of hydrogen-bond acceptors (Lipinski definition) is 2. The third-order valence-corrected chi connectivity index (χ3v) is 3.52. The standard InChI is InChI=1S/C15H21NO2/c1-3-13(12-7-5-4-6-8-12)14(17)16-9-15(2)10-18-11-15/h4-8,13H,3,9-11H2,1-2H3,(H,16,17). The molecule has 1 fully saturated rings. The SMILES string of the molecule is CCC(C(=O)NCC1(C)COC1)c1ccccc1. The predicted molar refractivity (Wildman–Crippen MR) is 71.4 cm³/mol. The summed E-state index contributed by atoms with van der Waals surface area (Å²) in [6.07, 6.45) is 0.822. The number of nitrogens with one attached hydrogen (secondary N) is 1. The first-order valence-electron chi connectivity index (χ1n) is 6.55. The minimum atomic E-state index is -0.0456. The number of amides is 1. The van der Waals surface area contributed by atoms with Gasteiger partial charge in [-0.15, -0.1) is 0 Å². The van der Waals surface area contributed by atoms with Crippen LogP contribution in [0.4, 0.5) is 0 Å². The molecule has 1 saturated heterocycles. The van der Waals surface area contributed by atoms with E-state index in [9.17, 15) is 4.79 Å². The van der Waals surface area contributed by atoms with Crippen molar-refractivity contribution < 1.29 is 9.53 Å². The van der Waals surface area contributed by atoms with E-state index in [-0.39, 0.29) is 17.2 Å². The summed E-state index contributed by atoms with van der Waals surface area (Å²) in [5, 5.41) is 3.06. The highest BCUT2D eigenvalue weighted by Crippen LogP contribution is 2.26. The van der Waals surface area contributed by atoms with Crippen LogP contribution in [-0.4, -0.2) is 25.7 Å². The van der Waals surface area contributed by atoms with E-state index in [0.29, 0.717) is 6.54 Å². The summed E-state index contributed by atoms with van der Waals surface area (Å²) in [6.45, 7) is 6.38. The first-order chi connectivity index (χ1) is 8.64. The first kappa shape index (κ1) is 13.1. The molecule has 0 radical (unpaired) electrons. The van der Waals surface area contributed by atoms with E-state index in [1.54, 1.807) is 0 Å². The van der Waals surface area contributed by atoms with Gasteiger partial charge in [0.05, 0.1) is 19.1 Å². The molecule has 1 atom stereocenters. The van der Waals surface area contributed by atoms with Crippen LogP contribution in [0, 0.1) is 5.41 Å². The van der Waals surface area contributed by atoms with Crippen LogP contribution < -0.4 is 5.32 Å². The zero-order chi connectivity index (χ0) is 13.0. The topological polar surface area (TPSA) is 38.3 Å². The molecule has 1 heterocycles. The zero-order valence-corrected chi connectivity index (χ0v) is 11.1. The number of rotatable bonds is 5. The van der Waals surface area contributed by atoms with Crippen molar-refractivity contribution in [2.24, 2.45) is 5.41 Å². The molecular weight excluding hydrogens is 226 g/mol. The minimum absolute atomic E-state index is 0.0456. The average Bonchev–Trinajstić information content (AvgIpc) is 2.36. The van der Waals surface area contributed by atoms with Gasteiger partial charge in [0.15, 0.2) is 0 Å². The van der Waals surface area contributed by atoms with E-state index in [2.05, 4.69) is 12.2 Å². The maximum atomic E-state index is 12.2. The second-order valence-electron chi connectivity index (χ2n) is 5.39. The van der Waals surface area contributed by atoms with Gasteiger partial charge in [-0.25, -0.2) is 0 Å². The highest BCUT2D eigenvalue weighted by atomic mass is 16.5. The van der Waals surface area contributed by atoms with Crippen molar-refractivity contribution in [3.8, 4) is 0 Å². The lowest BCUT2D eigenvalue weighted by Gasteiger charge is -2.38. The Kier molecular flexibility index (Phi) is 4.02. The Morgan fingerprint density at radius 2 is 2.06 bits per heavy atom. The summed E-state index contributed by atoms with van der Waals surface area (Å²) < 4.78 is 5.19. The maximum absolute atomic E-state index is 12.2. The molecule has 0 saturated carbocycles. The molecule has 1 aromatic rings. The van der Waals surface area contributed by atoms with Gasteiger partial charge in [0, 0.05) is 12.0 Å². The van der Waals surface area contributed by atoms with Crippen LogP contribution in [0.3, 0.4) is 0 Å². The van der Waals surface area contributed by atoms with Crippen LogP contribution in [0.2, 0.25) is 0 Å². The van der Waals surface area contributed by atoms with Gasteiger partial charge >= 0.3 is 0 Å². The number of hydrogen-bond donors (Lipinski definition) is 1. The maximum Gasteiger partial charge on any atom is 0.227 e. The van der Waals surface area contributed by atoms with Crippen LogP contribution in [0.5, 0.6) is 0 Å². The number of benzene rings is 1. The molecule has 3 heteroatoms. The number of ether oxygens (including phenoxy) is 1. The Bertz CT molecular complexity index is 398. The summed E-state index contributed by atoms with van der Waals surface area (Å²) >= 11 is 0. The fourth-order valence-corrected chi connectivity index (χ4v) is 2.23. The summed E-state index contributed by atoms with van der Waals surface area (Å²) in [5.41, 5.74) is 1.22. The lowest BCUT2D eigenvalue weighted by Crippen LogP contribution is -2.49. The molecule has 0 bridgehead atoms. The molecule has 1 aliphatic rings. The van der Waals surface area contributed by atoms with Gasteiger partial charge < -0.3 is 10.1 Å². The van der Waals surface area contributed by atoms with Crippen molar-refractivity contribution in [2.75, 3.05) is 19.8 Å². The fourth-order valence-electron chi connectivity index (χ4n) is 2.23. The molecular formula is C15H21NO2. The van der Waals surface area contributed by atoms with Crippen molar-refractivity contribution in [3.63, 3.8) is 0 Å². The number of carbonyl (C=O) groups is 1. The van der Waals surface area contributed by atoms with E-state index < -0.39 is 0 Å². The number of carbonyl (C=O) groups excluding carboxylic acids is 1. The van der Waals surface area contributed by atoms with E-state index in [4.69, 9.17) is 4.74 Å². The normalized spacial score (nSPS) is 18.8. The van der Waals surface area contributed by atoms with Gasteiger partial charge in [-0.3, -0.25) is 4.79 Å². The third-order valence-electron chi connectivity index (χ3n) is 3.52. The lowest BCUT2D eigenvalue weighted by atomic mass is 9.88. The molecule has 2 rings (SSSR count). The van der Waals surface area contributed by atoms with Crippen LogP contribution in [0.1, 0.15) is 31.7 Å². The third kappa shape index (κ3) is 2.91. The molecule has 98 valence electrons. The second kappa shape index (κ2) is 5.53. The molecule has 18 heavy (non-hydrogen) atoms. The van der Waals surface area contributed by atoms with Gasteiger partial charge in [0.1, 0.15) is 0 Å². The van der Waals surface area contributed by atoms with Crippen LogP contribution in [0.25, 0.3) is 0 Å². The molecule has 1 N–H and O–H groups in total. The smallest absolute Gasteiger partial charge is 0.227 e. The van der Waals surface area contributed by atoms with Crippen molar-refractivity contribution in [3.05, 3.63) is 35.9 Å². The molecule has 1 aromatic carbocycles. The summed E-state index contributed by atoms with van der Waals surface area (Å²) in [5.74, 6) is 0.0765. The monoisotopic (exact) mass is 247 g/mol. The molecule has 1 unspecified atom stereocenters. The Morgan fingerprint density at radius 3 is 2.56 bits per heavy atom. The Morgan fingerprint density at radius 1 is 1.39 bits per heavy atom. The van der Waals surface area contributed by atoms with Crippen molar-refractivity contribution >= 4 is 5.91 Å². The quantitative estimate of drug-likeness (QED) is 0.867. The van der Waals surface area contributed by atoms with E-state index in [0.717, 1.165) is 25.2 Å². The fraction of sp³-hybridized carbons (Fsp3) is 0.533. The van der Waals surface area contributed by atoms with Crippen LogP contribution in [-0.2, 0) is 9.53 Å². The Balaban J connectivity index is 1.94. The molecule has 0 aromatic heterocycles. The lowest BCUT2D eigenvalue weighted by molar-refractivity contribution is -0.128. The van der Waals surface area contributed by atoms with Gasteiger partial charge in [0.25, 0.3) is 0 Å². The summed E-state index contributed by atoms with van der Waals surface area (Å²) in [6, 6.07) is 9.96. The van der Waals surface area contributed by atoms with Crippen LogP contribution >= 0.6 is 0 Å². The largest absolute Gasteiger partial charge is 0.380 e. The van der Waals surface area contributed by atoms with E-state index >= 15 is 0 Å². The molecule has 1 amide bonds. The predicted octanol–water partition coefficient (Wildman–Crippen LogP) is 2.33. The van der Waals surface area contributed by atoms with E-state index in [1.165, 1.54) is 0 Å². The highest BCUT2D eigenvalue weighted by molar-refractivity contribution is 5.83. The molecule has 0 spiro atoms. The molecule has 1 aliphatic heterocycles. The Labute approximate surface area is 109 Å². The Hall–Kier alpha value is -1.35. The van der Waals surface area contributed by atoms with Gasteiger partial charge in [-0.05, 0) is 12.0 Å². The first-order valence-corrected chi connectivity index (χ1v) is 6.55. The minimum Gasteiger partial charge on any atom is -0.380 e. The summed E-state index contributed by atoms with van der Waals surface area (Å²) in [4.78, 5) is 12.2. The molecule has 0 aliphatic carbocycles. The van der Waals surface area contributed by atoms with Crippen molar-refractivity contribution in [1.82, 2.24) is 5.32 Å². The highest BCUT2D eigenvalue weighted by Gasteiger charge is 2.34. The van der Waals surface area contributed by atoms with Crippen molar-refractivity contribution in [2.45, 2.75) is 26.2 Å². The zero-order valence-electron chi connectivity index (χ0n) is 11.1. The second-order valence-corrected chi connectivity index (χ2v) is 5.39. The van der Waals surface area contributed by atoms with Gasteiger partial charge in [-0.2, -0.15) is 0 Å². The van der Waals surface area contributed by atoms with E-state index in [1.807, 2.05) is 37.3 Å². The van der Waals surface area contributed by atoms with Gasteiger partial charge in [0.2, 0.25) is 5.91 Å². The van der Waals surface area contributed by atoms with Crippen LogP contribution in [0.15, 0.2) is 30.3 Å². The molecule has 3 nitrogen and oxygen atoms in total. The average molecular weight is 247 g/mol.